The average Bonchev–Trinajstić information content (AvgIpc) is 3.05. The van der Waals surface area contributed by atoms with Crippen molar-refractivity contribution < 1.29 is 13.2 Å². The van der Waals surface area contributed by atoms with Crippen molar-refractivity contribution in [2.24, 2.45) is 0 Å². The predicted molar refractivity (Wildman–Crippen MR) is 110 cm³/mol. The smallest absolute Gasteiger partial charge is 0.208 e. The average molecular weight is 407 g/mol. The largest absolute Gasteiger partial charge is 0.377 e. The lowest BCUT2D eigenvalue weighted by Crippen LogP contribution is -2.33. The monoisotopic (exact) mass is 406 g/mol. The van der Waals surface area contributed by atoms with Crippen molar-refractivity contribution in [3.63, 3.8) is 0 Å². The molecular formula is C18H22N4O3S2. The van der Waals surface area contributed by atoms with Gasteiger partial charge >= 0.3 is 0 Å². The summed E-state index contributed by atoms with van der Waals surface area (Å²) < 4.78 is 30.4. The van der Waals surface area contributed by atoms with Crippen molar-refractivity contribution in [2.45, 2.75) is 6.61 Å². The molecule has 0 atom stereocenters. The number of aromatic nitrogens is 2. The van der Waals surface area contributed by atoms with E-state index in [9.17, 15) is 8.42 Å². The first-order chi connectivity index (χ1) is 12.9. The molecule has 9 heteroatoms. The normalized spacial score (nSPS) is 11.8. The second-order valence-electron chi connectivity index (χ2n) is 6.18. The van der Waals surface area contributed by atoms with Crippen LogP contribution >= 0.6 is 11.3 Å². The highest BCUT2D eigenvalue weighted by atomic mass is 32.2. The molecule has 3 aromatic rings. The summed E-state index contributed by atoms with van der Waals surface area (Å²) in [5, 5.41) is 3.05. The van der Waals surface area contributed by atoms with Crippen LogP contribution in [0.1, 0.15) is 5.82 Å². The highest BCUT2D eigenvalue weighted by molar-refractivity contribution is 7.88. The van der Waals surface area contributed by atoms with Gasteiger partial charge in [-0.05, 0) is 5.56 Å². The van der Waals surface area contributed by atoms with Crippen LogP contribution in [-0.4, -0.2) is 51.9 Å². The first-order valence-electron chi connectivity index (χ1n) is 8.37. The van der Waals surface area contributed by atoms with E-state index in [1.54, 1.807) is 18.4 Å². The van der Waals surface area contributed by atoms with Crippen LogP contribution in [0.5, 0.6) is 0 Å². The first-order valence-corrected chi connectivity index (χ1v) is 11.1. The molecule has 0 aliphatic rings. The molecule has 1 aromatic carbocycles. The van der Waals surface area contributed by atoms with Gasteiger partial charge in [-0.2, -0.15) is 0 Å². The Morgan fingerprint density at radius 2 is 1.96 bits per heavy atom. The van der Waals surface area contributed by atoms with Gasteiger partial charge in [-0.3, -0.25) is 0 Å². The molecule has 0 saturated heterocycles. The van der Waals surface area contributed by atoms with E-state index in [1.165, 1.54) is 0 Å². The van der Waals surface area contributed by atoms with Gasteiger partial charge in [0, 0.05) is 38.2 Å². The summed E-state index contributed by atoms with van der Waals surface area (Å²) in [4.78, 5) is 12.1. The number of nitrogens with one attached hydrogen (secondary N) is 1. The summed E-state index contributed by atoms with van der Waals surface area (Å²) in [6.07, 6.45) is 1.15. The molecule has 0 unspecified atom stereocenters. The first kappa shape index (κ1) is 19.7. The minimum atomic E-state index is -3.23. The molecule has 0 radical (unpaired) electrons. The Balaban J connectivity index is 2.03. The zero-order valence-corrected chi connectivity index (χ0v) is 17.1. The van der Waals surface area contributed by atoms with Gasteiger partial charge in [0.25, 0.3) is 0 Å². The van der Waals surface area contributed by atoms with Crippen molar-refractivity contribution in [1.29, 1.82) is 0 Å². The van der Waals surface area contributed by atoms with Gasteiger partial charge in [-0.25, -0.2) is 23.1 Å². The molecule has 0 amide bonds. The van der Waals surface area contributed by atoms with E-state index < -0.39 is 10.0 Å². The van der Waals surface area contributed by atoms with Crippen LogP contribution in [0.25, 0.3) is 21.3 Å². The van der Waals surface area contributed by atoms with Crippen molar-refractivity contribution >= 4 is 37.4 Å². The fraction of sp³-hybridized carbons (Fsp3) is 0.333. The van der Waals surface area contributed by atoms with E-state index >= 15 is 0 Å². The zero-order chi connectivity index (χ0) is 19.4. The van der Waals surface area contributed by atoms with Crippen molar-refractivity contribution in [1.82, 2.24) is 14.7 Å². The summed E-state index contributed by atoms with van der Waals surface area (Å²) in [5.74, 6) is 1.37. The fourth-order valence-corrected chi connectivity index (χ4v) is 4.19. The van der Waals surface area contributed by atoms with Gasteiger partial charge in [0.2, 0.25) is 10.0 Å². The van der Waals surface area contributed by atoms with E-state index in [0.29, 0.717) is 25.5 Å². The summed E-state index contributed by atoms with van der Waals surface area (Å²) >= 11 is 1.56. The molecule has 2 heterocycles. The second kappa shape index (κ2) is 8.30. The topological polar surface area (TPSA) is 84.4 Å². The maximum atomic E-state index is 11.3. The number of sulfonamides is 1. The Labute approximate surface area is 163 Å². The minimum Gasteiger partial charge on any atom is -0.377 e. The van der Waals surface area contributed by atoms with Crippen LogP contribution in [0.4, 0.5) is 5.82 Å². The van der Waals surface area contributed by atoms with Gasteiger partial charge in [-0.1, -0.05) is 30.3 Å². The lowest BCUT2D eigenvalue weighted by atomic mass is 10.1. The third-order valence-corrected chi connectivity index (χ3v) is 5.59. The molecule has 3 rings (SSSR count). The maximum absolute atomic E-state index is 11.3. The molecule has 7 nitrogen and oxygen atoms in total. The van der Waals surface area contributed by atoms with Crippen LogP contribution in [0, 0.1) is 0 Å². The molecule has 2 aromatic heterocycles. The Morgan fingerprint density at radius 1 is 1.22 bits per heavy atom. The van der Waals surface area contributed by atoms with Gasteiger partial charge in [0.1, 0.15) is 17.3 Å². The lowest BCUT2D eigenvalue weighted by Gasteiger charge is -2.20. The summed E-state index contributed by atoms with van der Waals surface area (Å²) in [6.45, 7) is 1.10. The third kappa shape index (κ3) is 4.81. The molecule has 0 bridgehead atoms. The van der Waals surface area contributed by atoms with Crippen molar-refractivity contribution in [3.05, 3.63) is 41.5 Å². The Hall–Kier alpha value is -2.07. The Morgan fingerprint density at radius 3 is 2.63 bits per heavy atom. The number of fused-ring (bicyclic) bond motifs is 1. The van der Waals surface area contributed by atoms with Gasteiger partial charge < -0.3 is 9.64 Å². The molecule has 0 spiro atoms. The number of ether oxygens (including phenoxy) is 1. The number of likely N-dealkylation sites (N-methyl/N-ethyl adjacent to an activating group) is 1. The highest BCUT2D eigenvalue weighted by Crippen LogP contribution is 2.38. The lowest BCUT2D eigenvalue weighted by molar-refractivity contribution is 0.178. The molecule has 0 saturated carbocycles. The number of hydrogen-bond acceptors (Lipinski definition) is 7. The standard InChI is InChI=1S/C18H22N4O3S2/c1-22(10-9-19-27(3,23)24)17-16-14(13-7-5-4-6-8-13)12-26-18(16)21-15(20-17)11-25-2/h4-8,12,19H,9-11H2,1-3H3. The van der Waals surface area contributed by atoms with E-state index in [0.717, 1.165) is 33.4 Å². The van der Waals surface area contributed by atoms with Crippen LogP contribution in [0.15, 0.2) is 35.7 Å². The van der Waals surface area contributed by atoms with Crippen molar-refractivity contribution in [3.8, 4) is 11.1 Å². The number of anilines is 1. The van der Waals surface area contributed by atoms with E-state index in [2.05, 4.69) is 32.2 Å². The van der Waals surface area contributed by atoms with E-state index in [-0.39, 0.29) is 0 Å². The van der Waals surface area contributed by atoms with Gasteiger partial charge in [0.15, 0.2) is 5.82 Å². The zero-order valence-electron chi connectivity index (χ0n) is 15.5. The van der Waals surface area contributed by atoms with Gasteiger partial charge in [-0.15, -0.1) is 11.3 Å². The minimum absolute atomic E-state index is 0.297. The molecule has 1 N–H and O–H groups in total. The number of hydrogen-bond donors (Lipinski definition) is 1. The third-order valence-electron chi connectivity index (χ3n) is 3.99. The van der Waals surface area contributed by atoms with E-state index in [4.69, 9.17) is 4.74 Å². The molecule has 0 fully saturated rings. The summed E-state index contributed by atoms with van der Waals surface area (Å²) in [5.41, 5.74) is 2.16. The van der Waals surface area contributed by atoms with Gasteiger partial charge in [0.05, 0.1) is 11.6 Å². The fourth-order valence-electron chi connectivity index (χ4n) is 2.77. The van der Waals surface area contributed by atoms with Crippen LogP contribution in [0.3, 0.4) is 0 Å². The SMILES string of the molecule is COCc1nc(N(C)CCNS(C)(=O)=O)c2c(-c3ccccc3)csc2n1. The summed E-state index contributed by atoms with van der Waals surface area (Å²) in [6, 6.07) is 10.1. The number of methoxy groups -OCH3 is 1. The van der Waals surface area contributed by atoms with Crippen molar-refractivity contribution in [2.75, 3.05) is 38.4 Å². The molecule has 0 aliphatic heterocycles. The quantitative estimate of drug-likeness (QED) is 0.619. The van der Waals surface area contributed by atoms with Crippen LogP contribution < -0.4 is 9.62 Å². The molecular weight excluding hydrogens is 384 g/mol. The molecule has 144 valence electrons. The van der Waals surface area contributed by atoms with E-state index in [1.807, 2.05) is 30.1 Å². The van der Waals surface area contributed by atoms with Crippen LogP contribution in [-0.2, 0) is 21.4 Å². The highest BCUT2D eigenvalue weighted by Gasteiger charge is 2.18. The number of benzene rings is 1. The molecule has 27 heavy (non-hydrogen) atoms. The summed E-state index contributed by atoms with van der Waals surface area (Å²) in [7, 11) is 0.277. The Bertz CT molecular complexity index is 1020. The van der Waals surface area contributed by atoms with Crippen LogP contribution in [0.2, 0.25) is 0 Å². The predicted octanol–water partition coefficient (Wildman–Crippen LogP) is 2.49. The molecule has 0 aliphatic carbocycles. The Kier molecular flexibility index (Phi) is 6.05. The number of thiophene rings is 1. The second-order valence-corrected chi connectivity index (χ2v) is 8.87. The number of rotatable bonds is 8. The number of nitrogens with zero attached hydrogens (tertiary/aromatic N) is 3. The maximum Gasteiger partial charge on any atom is 0.208 e.